The third-order valence-electron chi connectivity index (χ3n) is 3.51. The number of hydrogen-bond acceptors (Lipinski definition) is 2. The first-order valence-corrected chi connectivity index (χ1v) is 7.82. The van der Waals surface area contributed by atoms with Crippen molar-refractivity contribution in [3.05, 3.63) is 35.9 Å². The van der Waals surface area contributed by atoms with Crippen LogP contribution in [0.15, 0.2) is 30.4 Å². The second-order valence-corrected chi connectivity index (χ2v) is 5.11. The largest absolute Gasteiger partial charge is 0.508 e. The number of benzene rings is 1. The van der Waals surface area contributed by atoms with Crippen molar-refractivity contribution in [1.29, 1.82) is 0 Å². The van der Waals surface area contributed by atoms with Crippen molar-refractivity contribution in [1.82, 2.24) is 0 Å². The van der Waals surface area contributed by atoms with Crippen molar-refractivity contribution in [2.45, 2.75) is 58.8 Å². The van der Waals surface area contributed by atoms with E-state index >= 15 is 0 Å². The molecule has 1 atom stereocenters. The smallest absolute Gasteiger partial charge is 0.123 e. The Morgan fingerprint density at radius 3 is 2.60 bits per heavy atom. The quantitative estimate of drug-likeness (QED) is 0.482. The fourth-order valence-electron chi connectivity index (χ4n) is 2.46. The summed E-state index contributed by atoms with van der Waals surface area (Å²) in [6.45, 7) is 6.95. The molecule has 1 aromatic rings. The minimum Gasteiger partial charge on any atom is -0.508 e. The van der Waals surface area contributed by atoms with Crippen LogP contribution in [-0.4, -0.2) is 11.7 Å². The second-order valence-electron chi connectivity index (χ2n) is 5.11. The number of ether oxygens (including phenoxy) is 1. The van der Waals surface area contributed by atoms with Gasteiger partial charge in [0.1, 0.15) is 11.5 Å². The zero-order valence-electron chi connectivity index (χ0n) is 13.1. The molecule has 0 amide bonds. The highest BCUT2D eigenvalue weighted by molar-refractivity contribution is 5.39. The van der Waals surface area contributed by atoms with Crippen LogP contribution in [0.1, 0.15) is 64.4 Å². The molecule has 0 radical (unpaired) electrons. The predicted octanol–water partition coefficient (Wildman–Crippen LogP) is 5.42. The highest BCUT2D eigenvalue weighted by atomic mass is 16.5. The topological polar surface area (TPSA) is 29.5 Å². The van der Waals surface area contributed by atoms with Crippen molar-refractivity contribution in [2.24, 2.45) is 0 Å². The molecule has 1 aromatic carbocycles. The van der Waals surface area contributed by atoms with Crippen molar-refractivity contribution < 1.29 is 9.84 Å². The second kappa shape index (κ2) is 9.46. The van der Waals surface area contributed by atoms with E-state index < -0.39 is 0 Å². The van der Waals surface area contributed by atoms with Gasteiger partial charge in [0.15, 0.2) is 0 Å². The molecule has 0 saturated carbocycles. The lowest BCUT2D eigenvalue weighted by atomic mass is 9.91. The number of hydrogen-bond donors (Lipinski definition) is 1. The Labute approximate surface area is 123 Å². The summed E-state index contributed by atoms with van der Waals surface area (Å²) >= 11 is 0. The van der Waals surface area contributed by atoms with Gasteiger partial charge < -0.3 is 9.84 Å². The molecule has 2 heteroatoms. The summed E-state index contributed by atoms with van der Waals surface area (Å²) in [6, 6.07) is 5.63. The van der Waals surface area contributed by atoms with E-state index in [1.54, 1.807) is 6.07 Å². The molecule has 0 aliphatic carbocycles. The molecule has 0 bridgehead atoms. The van der Waals surface area contributed by atoms with E-state index in [0.29, 0.717) is 18.3 Å². The number of rotatable bonds is 9. The molecule has 0 spiro atoms. The Morgan fingerprint density at radius 2 is 1.95 bits per heavy atom. The number of phenolic OH excluding ortho intramolecular Hbond substituents is 1. The number of allylic oxidation sites excluding steroid dienone is 2. The van der Waals surface area contributed by atoms with Gasteiger partial charge in [-0.1, -0.05) is 26.0 Å². The first kappa shape index (κ1) is 16.6. The molecule has 0 aliphatic rings. The van der Waals surface area contributed by atoms with Crippen molar-refractivity contribution in [2.75, 3.05) is 6.61 Å². The molecule has 0 aliphatic heterocycles. The molecule has 2 nitrogen and oxygen atoms in total. The van der Waals surface area contributed by atoms with Crippen LogP contribution in [0.25, 0.3) is 0 Å². The molecule has 1 unspecified atom stereocenters. The maximum absolute atomic E-state index is 9.82. The third kappa shape index (κ3) is 5.68. The van der Waals surface area contributed by atoms with Crippen LogP contribution in [0, 0.1) is 0 Å². The molecular weight excluding hydrogens is 248 g/mol. The Balaban J connectivity index is 2.66. The zero-order chi connectivity index (χ0) is 14.8. The Kier molecular flexibility index (Phi) is 7.86. The van der Waals surface area contributed by atoms with Gasteiger partial charge in [-0.05, 0) is 62.6 Å². The fraction of sp³-hybridized carbons (Fsp3) is 0.556. The molecule has 20 heavy (non-hydrogen) atoms. The summed E-state index contributed by atoms with van der Waals surface area (Å²) in [4.78, 5) is 0. The summed E-state index contributed by atoms with van der Waals surface area (Å²) in [5.41, 5.74) is 1.19. The molecule has 112 valence electrons. The minimum atomic E-state index is 0.301. The van der Waals surface area contributed by atoms with E-state index in [9.17, 15) is 5.11 Å². The molecular formula is C18H28O2. The fourth-order valence-corrected chi connectivity index (χ4v) is 2.46. The normalized spacial score (nSPS) is 12.8. The van der Waals surface area contributed by atoms with Crippen molar-refractivity contribution in [3.8, 4) is 11.5 Å². The summed E-state index contributed by atoms with van der Waals surface area (Å²) in [6.07, 6.45) is 10.2. The monoisotopic (exact) mass is 276 g/mol. The lowest BCUT2D eigenvalue weighted by Gasteiger charge is -2.16. The van der Waals surface area contributed by atoms with Gasteiger partial charge in [-0.2, -0.15) is 0 Å². The maximum atomic E-state index is 9.82. The Hall–Kier alpha value is -1.44. The molecule has 1 rings (SSSR count). The Bertz CT molecular complexity index is 410. The first-order chi connectivity index (χ1) is 9.71. The van der Waals surface area contributed by atoms with E-state index in [-0.39, 0.29) is 0 Å². The van der Waals surface area contributed by atoms with Gasteiger partial charge in [0.2, 0.25) is 0 Å². The van der Waals surface area contributed by atoms with Crippen LogP contribution >= 0.6 is 0 Å². The van der Waals surface area contributed by atoms with Crippen LogP contribution in [0.3, 0.4) is 0 Å². The first-order valence-electron chi connectivity index (χ1n) is 7.82. The van der Waals surface area contributed by atoms with E-state index in [4.69, 9.17) is 4.74 Å². The van der Waals surface area contributed by atoms with Crippen LogP contribution in [-0.2, 0) is 0 Å². The van der Waals surface area contributed by atoms with E-state index in [2.05, 4.69) is 32.1 Å². The van der Waals surface area contributed by atoms with Gasteiger partial charge in [-0.3, -0.25) is 0 Å². The molecule has 1 N–H and O–H groups in total. The van der Waals surface area contributed by atoms with Crippen LogP contribution < -0.4 is 4.74 Å². The lowest BCUT2D eigenvalue weighted by Crippen LogP contribution is -1.99. The molecule has 0 fully saturated rings. The number of phenols is 1. The van der Waals surface area contributed by atoms with E-state index in [1.807, 2.05) is 13.0 Å². The van der Waals surface area contributed by atoms with Gasteiger partial charge in [0.25, 0.3) is 0 Å². The van der Waals surface area contributed by atoms with Gasteiger partial charge in [-0.25, -0.2) is 0 Å². The van der Waals surface area contributed by atoms with Crippen molar-refractivity contribution >= 4 is 0 Å². The SMILES string of the molecule is CC/C=C/CCCC(CC)c1cc(O)cc(OCC)c1. The molecule has 0 aromatic heterocycles. The van der Waals surface area contributed by atoms with Crippen LogP contribution in [0.2, 0.25) is 0 Å². The zero-order valence-corrected chi connectivity index (χ0v) is 13.1. The average Bonchev–Trinajstić information content (AvgIpc) is 2.42. The van der Waals surface area contributed by atoms with E-state index in [1.165, 1.54) is 12.0 Å². The predicted molar refractivity (Wildman–Crippen MR) is 85.6 cm³/mol. The minimum absolute atomic E-state index is 0.301. The third-order valence-corrected chi connectivity index (χ3v) is 3.51. The van der Waals surface area contributed by atoms with Gasteiger partial charge in [0.05, 0.1) is 6.61 Å². The summed E-state index contributed by atoms with van der Waals surface area (Å²) < 4.78 is 5.51. The summed E-state index contributed by atoms with van der Waals surface area (Å²) in [7, 11) is 0. The average molecular weight is 276 g/mol. The van der Waals surface area contributed by atoms with Crippen LogP contribution in [0.5, 0.6) is 11.5 Å². The lowest BCUT2D eigenvalue weighted by molar-refractivity contribution is 0.336. The van der Waals surface area contributed by atoms with E-state index in [0.717, 1.165) is 31.4 Å². The highest BCUT2D eigenvalue weighted by Crippen LogP contribution is 2.31. The van der Waals surface area contributed by atoms with Crippen molar-refractivity contribution in [3.63, 3.8) is 0 Å². The van der Waals surface area contributed by atoms with Gasteiger partial charge in [0, 0.05) is 6.07 Å². The highest BCUT2D eigenvalue weighted by Gasteiger charge is 2.11. The van der Waals surface area contributed by atoms with Gasteiger partial charge >= 0.3 is 0 Å². The standard InChI is InChI=1S/C18H28O2/c1-4-7-8-9-10-11-15(5-2)16-12-17(19)14-18(13-16)20-6-3/h7-8,12-15,19H,4-6,9-11H2,1-3H3/b8-7+. The van der Waals surface area contributed by atoms with Crippen LogP contribution in [0.4, 0.5) is 0 Å². The molecule has 0 saturated heterocycles. The maximum Gasteiger partial charge on any atom is 0.123 e. The van der Waals surface area contributed by atoms with Gasteiger partial charge in [-0.15, -0.1) is 0 Å². The summed E-state index contributed by atoms with van der Waals surface area (Å²) in [5.74, 6) is 1.57. The molecule has 0 heterocycles. The Morgan fingerprint density at radius 1 is 1.15 bits per heavy atom. The number of aromatic hydroxyl groups is 1. The number of unbranched alkanes of at least 4 members (excludes halogenated alkanes) is 1. The summed E-state index contributed by atoms with van der Waals surface area (Å²) in [5, 5.41) is 9.82.